The van der Waals surface area contributed by atoms with Gasteiger partial charge in [0.05, 0.1) is 0 Å². The van der Waals surface area contributed by atoms with Crippen molar-refractivity contribution in [2.45, 2.75) is 0 Å². The van der Waals surface area contributed by atoms with E-state index in [1.807, 2.05) is 0 Å². The molecule has 9 aromatic carbocycles. The van der Waals surface area contributed by atoms with E-state index in [2.05, 4.69) is 206 Å². The van der Waals surface area contributed by atoms with Crippen LogP contribution in [-0.4, -0.2) is 0 Å². The van der Waals surface area contributed by atoms with E-state index in [0.29, 0.717) is 0 Å². The van der Waals surface area contributed by atoms with E-state index < -0.39 is 0 Å². The summed E-state index contributed by atoms with van der Waals surface area (Å²) in [5.41, 5.74) is 14.7. The smallest absolute Gasteiger partial charge is 0.00264 e. The number of hydrogen-bond acceptors (Lipinski definition) is 0. The highest BCUT2D eigenvalue weighted by molar-refractivity contribution is 6.14. The third kappa shape index (κ3) is 5.68. The van der Waals surface area contributed by atoms with Crippen molar-refractivity contribution < 1.29 is 0 Å². The van der Waals surface area contributed by atoms with Gasteiger partial charge in [0, 0.05) is 0 Å². The van der Waals surface area contributed by atoms with E-state index in [0.717, 1.165) is 0 Å². The van der Waals surface area contributed by atoms with Crippen LogP contribution in [0.15, 0.2) is 206 Å². The Morgan fingerprint density at radius 2 is 0.560 bits per heavy atom. The molecule has 0 aliphatic rings. The molecule has 0 aliphatic heterocycles. The zero-order valence-corrected chi connectivity index (χ0v) is 27.6. The zero-order valence-electron chi connectivity index (χ0n) is 27.6. The summed E-state index contributed by atoms with van der Waals surface area (Å²) in [6.07, 6.45) is 0. The zero-order chi connectivity index (χ0) is 33.3. The Morgan fingerprint density at radius 3 is 1.08 bits per heavy atom. The van der Waals surface area contributed by atoms with E-state index in [1.54, 1.807) is 0 Å². The van der Waals surface area contributed by atoms with Crippen molar-refractivity contribution in [2.24, 2.45) is 0 Å². The fraction of sp³-hybridized carbons (Fsp3) is 0. The lowest BCUT2D eigenvalue weighted by molar-refractivity contribution is 1.59. The van der Waals surface area contributed by atoms with Crippen molar-refractivity contribution in [1.82, 2.24) is 0 Å². The van der Waals surface area contributed by atoms with Gasteiger partial charge in [0.1, 0.15) is 0 Å². The number of fused-ring (bicyclic) bond motifs is 2. The Bertz CT molecular complexity index is 2620. The van der Waals surface area contributed by atoms with Gasteiger partial charge in [-0.1, -0.05) is 170 Å². The second-order valence-electron chi connectivity index (χ2n) is 13.0. The maximum absolute atomic E-state index is 2.39. The van der Waals surface area contributed by atoms with Gasteiger partial charge in [-0.2, -0.15) is 0 Å². The summed E-state index contributed by atoms with van der Waals surface area (Å²) >= 11 is 0. The predicted octanol–water partition coefficient (Wildman–Crippen LogP) is 14.0. The Balaban J connectivity index is 1.23. The van der Waals surface area contributed by atoms with Gasteiger partial charge in [0.15, 0.2) is 0 Å². The maximum atomic E-state index is 2.39. The first-order valence-electron chi connectivity index (χ1n) is 17.2. The average molecular weight is 635 g/mol. The molecule has 9 aromatic rings. The monoisotopic (exact) mass is 634 g/mol. The second kappa shape index (κ2) is 12.8. The van der Waals surface area contributed by atoms with Crippen molar-refractivity contribution in [3.63, 3.8) is 0 Å². The average Bonchev–Trinajstić information content (AvgIpc) is 3.20. The van der Waals surface area contributed by atoms with Crippen LogP contribution in [0.1, 0.15) is 0 Å². The summed E-state index contributed by atoms with van der Waals surface area (Å²) in [5.74, 6) is 0. The summed E-state index contributed by atoms with van der Waals surface area (Å²) in [4.78, 5) is 0. The van der Waals surface area contributed by atoms with Crippen molar-refractivity contribution >= 4 is 21.5 Å². The second-order valence-corrected chi connectivity index (χ2v) is 13.0. The standard InChI is InChI=1S/C50H34/c1-4-13-35(14-5-1)38-19-10-22-41(29-38)43-27-28-48-47(32-43)33-45-26-25-44(42-23-11-20-39(30-42)36-15-6-2-7-16-36)34-49(45)50(48)46-24-12-21-40(31-46)37-17-8-3-9-18-37/h1-34H. The summed E-state index contributed by atoms with van der Waals surface area (Å²) in [5, 5.41) is 4.97. The van der Waals surface area contributed by atoms with Crippen LogP contribution in [0.2, 0.25) is 0 Å². The molecule has 0 heterocycles. The largest absolute Gasteiger partial charge is 0.0622 e. The number of rotatable bonds is 6. The molecule has 50 heavy (non-hydrogen) atoms. The third-order valence-electron chi connectivity index (χ3n) is 9.82. The van der Waals surface area contributed by atoms with Gasteiger partial charge in [-0.25, -0.2) is 0 Å². The van der Waals surface area contributed by atoms with Gasteiger partial charge in [-0.15, -0.1) is 0 Å². The number of hydrogen-bond donors (Lipinski definition) is 0. The molecule has 0 N–H and O–H groups in total. The third-order valence-corrected chi connectivity index (χ3v) is 9.82. The molecule has 0 fully saturated rings. The van der Waals surface area contributed by atoms with Crippen LogP contribution in [0.3, 0.4) is 0 Å². The summed E-state index contributed by atoms with van der Waals surface area (Å²) in [6, 6.07) is 75.0. The molecule has 0 saturated heterocycles. The molecule has 0 aliphatic carbocycles. The lowest BCUT2D eigenvalue weighted by atomic mass is 9.87. The molecule has 0 nitrogen and oxygen atoms in total. The SMILES string of the molecule is c1ccc(-c2cccc(-c3ccc4c(-c5cccc(-c6ccccc6)c5)c5cc(-c6cccc(-c7ccccc7)c6)ccc5cc4c3)c2)cc1. The van der Waals surface area contributed by atoms with E-state index in [9.17, 15) is 0 Å². The van der Waals surface area contributed by atoms with Crippen LogP contribution in [0.25, 0.3) is 88.3 Å². The molecule has 9 rings (SSSR count). The first kappa shape index (κ1) is 29.6. The Morgan fingerprint density at radius 1 is 0.180 bits per heavy atom. The minimum atomic E-state index is 1.21. The van der Waals surface area contributed by atoms with Gasteiger partial charge in [-0.3, -0.25) is 0 Å². The Labute approximate surface area is 293 Å². The van der Waals surface area contributed by atoms with E-state index in [-0.39, 0.29) is 0 Å². The van der Waals surface area contributed by atoms with Gasteiger partial charge in [-0.05, 0) is 125 Å². The predicted molar refractivity (Wildman–Crippen MR) is 214 cm³/mol. The first-order valence-corrected chi connectivity index (χ1v) is 17.2. The van der Waals surface area contributed by atoms with E-state index >= 15 is 0 Å². The highest BCUT2D eigenvalue weighted by Crippen LogP contribution is 2.41. The van der Waals surface area contributed by atoms with Crippen molar-refractivity contribution in [1.29, 1.82) is 0 Å². The molecule has 0 spiro atoms. The topological polar surface area (TPSA) is 0 Å². The summed E-state index contributed by atoms with van der Waals surface area (Å²) in [7, 11) is 0. The molecule has 0 aromatic heterocycles. The highest BCUT2D eigenvalue weighted by Gasteiger charge is 2.14. The van der Waals surface area contributed by atoms with Gasteiger partial charge in [0.2, 0.25) is 0 Å². The van der Waals surface area contributed by atoms with E-state index in [1.165, 1.54) is 88.3 Å². The van der Waals surface area contributed by atoms with E-state index in [4.69, 9.17) is 0 Å². The molecule has 0 radical (unpaired) electrons. The molecule has 0 atom stereocenters. The minimum Gasteiger partial charge on any atom is -0.0622 e. The van der Waals surface area contributed by atoms with Crippen LogP contribution in [0, 0.1) is 0 Å². The first-order chi connectivity index (χ1) is 24.8. The summed E-state index contributed by atoms with van der Waals surface area (Å²) in [6.45, 7) is 0. The molecule has 0 saturated carbocycles. The normalized spacial score (nSPS) is 11.2. The number of benzene rings is 9. The lowest BCUT2D eigenvalue weighted by Gasteiger charge is -2.16. The molecular formula is C50H34. The maximum Gasteiger partial charge on any atom is -0.00264 e. The van der Waals surface area contributed by atoms with Gasteiger partial charge < -0.3 is 0 Å². The molecule has 0 unspecified atom stereocenters. The van der Waals surface area contributed by atoms with Crippen LogP contribution in [0.5, 0.6) is 0 Å². The molecule has 0 amide bonds. The molecular weight excluding hydrogens is 601 g/mol. The Kier molecular flexibility index (Phi) is 7.61. The summed E-state index contributed by atoms with van der Waals surface area (Å²) < 4.78 is 0. The van der Waals surface area contributed by atoms with Crippen LogP contribution in [-0.2, 0) is 0 Å². The lowest BCUT2D eigenvalue weighted by Crippen LogP contribution is -1.89. The fourth-order valence-corrected chi connectivity index (χ4v) is 7.29. The Hall–Kier alpha value is -6.50. The highest BCUT2D eigenvalue weighted by atomic mass is 14.2. The van der Waals surface area contributed by atoms with Gasteiger partial charge >= 0.3 is 0 Å². The quantitative estimate of drug-likeness (QED) is 0.160. The minimum absolute atomic E-state index is 1.21. The van der Waals surface area contributed by atoms with Gasteiger partial charge in [0.25, 0.3) is 0 Å². The van der Waals surface area contributed by atoms with Crippen LogP contribution < -0.4 is 0 Å². The van der Waals surface area contributed by atoms with Crippen LogP contribution >= 0.6 is 0 Å². The molecule has 0 bridgehead atoms. The fourth-order valence-electron chi connectivity index (χ4n) is 7.29. The van der Waals surface area contributed by atoms with Crippen molar-refractivity contribution in [2.75, 3.05) is 0 Å². The van der Waals surface area contributed by atoms with Crippen molar-refractivity contribution in [3.05, 3.63) is 206 Å². The molecule has 234 valence electrons. The van der Waals surface area contributed by atoms with Crippen LogP contribution in [0.4, 0.5) is 0 Å². The van der Waals surface area contributed by atoms with Crippen molar-refractivity contribution in [3.8, 4) is 66.8 Å². The molecule has 0 heteroatoms.